The Bertz CT molecular complexity index is 1340. The van der Waals surface area contributed by atoms with Crippen molar-refractivity contribution in [2.45, 2.75) is 56.4 Å². The van der Waals surface area contributed by atoms with Crippen LogP contribution < -0.4 is 10.6 Å². The van der Waals surface area contributed by atoms with Gasteiger partial charge in [0.25, 0.3) is 5.91 Å². The van der Waals surface area contributed by atoms with Crippen LogP contribution in [-0.2, 0) is 12.6 Å². The summed E-state index contributed by atoms with van der Waals surface area (Å²) in [5.41, 5.74) is 0.998. The van der Waals surface area contributed by atoms with Crippen molar-refractivity contribution in [3.63, 3.8) is 0 Å². The van der Waals surface area contributed by atoms with E-state index < -0.39 is 23.9 Å². The van der Waals surface area contributed by atoms with E-state index in [9.17, 15) is 27.9 Å². The maximum Gasteiger partial charge on any atom is 0.416 e. The number of alkyl halides is 3. The predicted octanol–water partition coefficient (Wildman–Crippen LogP) is 4.98. The van der Waals surface area contributed by atoms with Gasteiger partial charge in [-0.05, 0) is 30.9 Å². The molecule has 2 heterocycles. The first-order valence-corrected chi connectivity index (χ1v) is 13.5. The topological polar surface area (TPSA) is 99.5 Å². The third-order valence-electron chi connectivity index (χ3n) is 7.83. The lowest BCUT2D eigenvalue weighted by Gasteiger charge is -2.37. The molecule has 212 valence electrons. The molecular formula is C29H32F3N5O3. The molecule has 1 saturated carbocycles. The Kier molecular flexibility index (Phi) is 8.11. The van der Waals surface area contributed by atoms with Crippen LogP contribution in [0.15, 0.2) is 60.9 Å². The highest BCUT2D eigenvalue weighted by atomic mass is 19.4. The summed E-state index contributed by atoms with van der Waals surface area (Å²) in [7, 11) is 0. The second-order valence-electron chi connectivity index (χ2n) is 10.3. The Morgan fingerprint density at radius 2 is 1.77 bits per heavy atom. The molecule has 11 heteroatoms. The number of benzene rings is 2. The second-order valence-corrected chi connectivity index (χ2v) is 10.3. The molecule has 0 radical (unpaired) electrons. The van der Waals surface area contributed by atoms with Gasteiger partial charge in [-0.15, -0.1) is 0 Å². The van der Waals surface area contributed by atoms with E-state index in [0.717, 1.165) is 30.9 Å². The number of imidazole rings is 1. The largest absolute Gasteiger partial charge is 0.465 e. The number of piperazine rings is 1. The number of nitrogens with zero attached hydrogens (tertiary/aromatic N) is 3. The van der Waals surface area contributed by atoms with Crippen LogP contribution in [0, 0.1) is 0 Å². The van der Waals surface area contributed by atoms with Gasteiger partial charge in [0.1, 0.15) is 0 Å². The van der Waals surface area contributed by atoms with Crippen LogP contribution in [0.4, 0.5) is 18.0 Å². The third-order valence-corrected chi connectivity index (χ3v) is 7.83. The molecule has 2 aromatic carbocycles. The van der Waals surface area contributed by atoms with Gasteiger partial charge in [0.15, 0.2) is 5.69 Å². The highest BCUT2D eigenvalue weighted by molar-refractivity contribution is 5.98. The molecule has 1 saturated heterocycles. The van der Waals surface area contributed by atoms with Gasteiger partial charge >= 0.3 is 12.3 Å². The standard InChI is InChI=1S/C29H32F3N5O3/c30-29(31,32)22-11-5-4-10-20(22)16-21-17-33-14-15-36(21)27(38)25-26(19-8-2-1-3-9-19)37(18-34-25)24-13-7-6-12-23(24)35-28(39)40/h1-5,8-11,18,21,23-24,33,35H,6-7,12-17H2,(H,39,40)/t21-,23+,24+/m1/s1. The van der Waals surface area contributed by atoms with Crippen molar-refractivity contribution in [3.05, 3.63) is 77.7 Å². The molecule has 5 rings (SSSR count). The number of carboxylic acid groups (broad SMARTS) is 1. The number of hydrogen-bond donors (Lipinski definition) is 3. The summed E-state index contributed by atoms with van der Waals surface area (Å²) in [5.74, 6) is -0.354. The maximum atomic E-state index is 14.1. The first-order valence-electron chi connectivity index (χ1n) is 13.5. The summed E-state index contributed by atoms with van der Waals surface area (Å²) in [5, 5.41) is 15.3. The zero-order valence-electron chi connectivity index (χ0n) is 21.9. The SMILES string of the molecule is O=C(O)N[C@H]1CCCC[C@@H]1n1cnc(C(=O)N2CCNC[C@H]2Cc2ccccc2C(F)(F)F)c1-c1ccccc1. The molecule has 2 fully saturated rings. The van der Waals surface area contributed by atoms with Crippen molar-refractivity contribution in [3.8, 4) is 11.3 Å². The first kappa shape index (κ1) is 27.7. The molecule has 1 aromatic heterocycles. The number of amides is 2. The van der Waals surface area contributed by atoms with Crippen LogP contribution in [0.3, 0.4) is 0 Å². The van der Waals surface area contributed by atoms with Crippen molar-refractivity contribution in [1.82, 2.24) is 25.1 Å². The van der Waals surface area contributed by atoms with Crippen LogP contribution in [0.1, 0.15) is 53.3 Å². The molecule has 0 unspecified atom stereocenters. The average Bonchev–Trinajstić information content (AvgIpc) is 3.38. The van der Waals surface area contributed by atoms with Crippen molar-refractivity contribution in [2.24, 2.45) is 0 Å². The van der Waals surface area contributed by atoms with Crippen LogP contribution in [0.2, 0.25) is 0 Å². The van der Waals surface area contributed by atoms with E-state index in [1.54, 1.807) is 17.3 Å². The Balaban J connectivity index is 1.51. The number of aromatic nitrogens is 2. The first-order chi connectivity index (χ1) is 19.2. The fourth-order valence-corrected chi connectivity index (χ4v) is 6.00. The lowest BCUT2D eigenvalue weighted by molar-refractivity contribution is -0.138. The Morgan fingerprint density at radius 1 is 1.05 bits per heavy atom. The van der Waals surface area contributed by atoms with E-state index in [4.69, 9.17) is 0 Å². The average molecular weight is 556 g/mol. The van der Waals surface area contributed by atoms with Crippen LogP contribution in [-0.4, -0.2) is 63.3 Å². The fourth-order valence-electron chi connectivity index (χ4n) is 6.00. The number of nitrogens with one attached hydrogen (secondary N) is 2. The zero-order chi connectivity index (χ0) is 28.3. The van der Waals surface area contributed by atoms with Gasteiger partial charge in [0.05, 0.1) is 29.7 Å². The van der Waals surface area contributed by atoms with Gasteiger partial charge in [-0.1, -0.05) is 61.4 Å². The van der Waals surface area contributed by atoms with Crippen molar-refractivity contribution < 1.29 is 27.9 Å². The molecule has 2 aliphatic rings. The summed E-state index contributed by atoms with van der Waals surface area (Å²) in [6.45, 7) is 1.19. The molecule has 3 aromatic rings. The highest BCUT2D eigenvalue weighted by Crippen LogP contribution is 2.36. The fraction of sp³-hybridized carbons (Fsp3) is 0.414. The van der Waals surface area contributed by atoms with Gasteiger partial charge in [-0.2, -0.15) is 13.2 Å². The van der Waals surface area contributed by atoms with Crippen LogP contribution in [0.25, 0.3) is 11.3 Å². The molecular weight excluding hydrogens is 523 g/mol. The normalized spacial score (nSPS) is 21.7. The minimum Gasteiger partial charge on any atom is -0.465 e. The van der Waals surface area contributed by atoms with Crippen molar-refractivity contribution in [1.29, 1.82) is 0 Å². The molecule has 0 spiro atoms. The molecule has 1 aliphatic carbocycles. The lowest BCUT2D eigenvalue weighted by atomic mass is 9.89. The van der Waals surface area contributed by atoms with E-state index in [2.05, 4.69) is 15.6 Å². The smallest absolute Gasteiger partial charge is 0.416 e. The van der Waals surface area contributed by atoms with Gasteiger partial charge in [0.2, 0.25) is 0 Å². The molecule has 0 bridgehead atoms. The molecule has 2 amide bonds. The Hall–Kier alpha value is -3.86. The lowest BCUT2D eigenvalue weighted by Crippen LogP contribution is -2.54. The minimum absolute atomic E-state index is 0.0447. The summed E-state index contributed by atoms with van der Waals surface area (Å²) in [6.07, 6.45) is -0.752. The van der Waals surface area contributed by atoms with E-state index in [1.807, 2.05) is 34.9 Å². The van der Waals surface area contributed by atoms with Crippen molar-refractivity contribution in [2.75, 3.05) is 19.6 Å². The molecule has 3 N–H and O–H groups in total. The summed E-state index contributed by atoms with van der Waals surface area (Å²) in [6, 6.07) is 13.7. The van der Waals surface area contributed by atoms with Crippen LogP contribution >= 0.6 is 0 Å². The highest BCUT2D eigenvalue weighted by Gasteiger charge is 2.37. The number of carbonyl (C=O) groups excluding carboxylic acids is 1. The number of carbonyl (C=O) groups is 2. The van der Waals surface area contributed by atoms with Crippen LogP contribution in [0.5, 0.6) is 0 Å². The molecule has 1 aliphatic heterocycles. The van der Waals surface area contributed by atoms with Crippen molar-refractivity contribution >= 4 is 12.0 Å². The summed E-state index contributed by atoms with van der Waals surface area (Å²) >= 11 is 0. The number of halogens is 3. The van der Waals surface area contributed by atoms with Gasteiger partial charge in [0, 0.05) is 31.2 Å². The van der Waals surface area contributed by atoms with E-state index in [0.29, 0.717) is 31.7 Å². The van der Waals surface area contributed by atoms with Gasteiger partial charge in [-0.25, -0.2) is 9.78 Å². The van der Waals surface area contributed by atoms with E-state index in [-0.39, 0.29) is 35.7 Å². The quantitative estimate of drug-likeness (QED) is 0.399. The number of hydrogen-bond acceptors (Lipinski definition) is 4. The molecule has 8 nitrogen and oxygen atoms in total. The third kappa shape index (κ3) is 5.84. The minimum atomic E-state index is -4.49. The predicted molar refractivity (Wildman–Crippen MR) is 143 cm³/mol. The Morgan fingerprint density at radius 3 is 2.52 bits per heavy atom. The van der Waals surface area contributed by atoms with Gasteiger partial charge in [-0.3, -0.25) is 4.79 Å². The Labute approximate surface area is 230 Å². The molecule has 3 atom stereocenters. The maximum absolute atomic E-state index is 14.1. The zero-order valence-corrected chi connectivity index (χ0v) is 21.9. The van der Waals surface area contributed by atoms with Gasteiger partial charge < -0.3 is 25.2 Å². The monoisotopic (exact) mass is 555 g/mol. The van der Waals surface area contributed by atoms with E-state index >= 15 is 0 Å². The second kappa shape index (κ2) is 11.7. The summed E-state index contributed by atoms with van der Waals surface area (Å²) < 4.78 is 43.0. The summed E-state index contributed by atoms with van der Waals surface area (Å²) in [4.78, 5) is 31.8. The molecule has 40 heavy (non-hydrogen) atoms. The van der Waals surface area contributed by atoms with E-state index in [1.165, 1.54) is 12.1 Å². The number of rotatable bonds is 6.